The highest BCUT2D eigenvalue weighted by Gasteiger charge is 2.54. The summed E-state index contributed by atoms with van der Waals surface area (Å²) in [6, 6.07) is 11.9. The van der Waals surface area contributed by atoms with E-state index in [0.29, 0.717) is 23.6 Å². The van der Waals surface area contributed by atoms with Crippen molar-refractivity contribution in [2.24, 2.45) is 17.6 Å². The quantitative estimate of drug-likeness (QED) is 0.832. The number of carbonyl (C=O) groups excluding carboxylic acids is 1. The minimum absolute atomic E-state index is 0.0325. The fourth-order valence-electron chi connectivity index (χ4n) is 3.09. The second kappa shape index (κ2) is 3.78. The van der Waals surface area contributed by atoms with Crippen LogP contribution in [0.15, 0.2) is 36.4 Å². The van der Waals surface area contributed by atoms with Gasteiger partial charge in [-0.15, -0.1) is 0 Å². The Morgan fingerprint density at radius 3 is 2.68 bits per heavy atom. The normalized spacial score (nSPS) is 28.5. The molecule has 4 heteroatoms. The van der Waals surface area contributed by atoms with Crippen LogP contribution in [0.2, 0.25) is 0 Å². The maximum Gasteiger partial charge on any atom is 0.272 e. The molecule has 4 rings (SSSR count). The molecule has 2 atom stereocenters. The van der Waals surface area contributed by atoms with Crippen molar-refractivity contribution < 1.29 is 4.79 Å². The largest absolute Gasteiger partial charge is 0.337 e. The third-order valence-corrected chi connectivity index (χ3v) is 4.36. The standard InChI is InChI=1S/C15H15N3O/c16-14-10-7-18(8-11(10)14)15(19)13-6-5-9-3-1-2-4-12(9)17-13/h1-6,10-11,14H,7-8,16H2. The number of para-hydroxylation sites is 1. The maximum atomic E-state index is 12.4. The van der Waals surface area contributed by atoms with Gasteiger partial charge in [-0.1, -0.05) is 24.3 Å². The number of nitrogens with zero attached hydrogens (tertiary/aromatic N) is 2. The van der Waals surface area contributed by atoms with Crippen molar-refractivity contribution in [2.75, 3.05) is 13.1 Å². The van der Waals surface area contributed by atoms with Crippen LogP contribution in [0.5, 0.6) is 0 Å². The van der Waals surface area contributed by atoms with Crippen molar-refractivity contribution >= 4 is 16.8 Å². The molecule has 19 heavy (non-hydrogen) atoms. The zero-order valence-corrected chi connectivity index (χ0v) is 10.5. The van der Waals surface area contributed by atoms with Gasteiger partial charge in [0.05, 0.1) is 5.52 Å². The van der Waals surface area contributed by atoms with Gasteiger partial charge in [0, 0.05) is 24.5 Å². The molecule has 1 aliphatic carbocycles. The number of amides is 1. The van der Waals surface area contributed by atoms with Crippen LogP contribution in [0.1, 0.15) is 10.5 Å². The molecular formula is C15H15N3O. The second-order valence-electron chi connectivity index (χ2n) is 5.50. The molecule has 1 saturated carbocycles. The molecule has 1 saturated heterocycles. The molecule has 2 aromatic rings. The first-order valence-corrected chi connectivity index (χ1v) is 6.65. The molecule has 0 spiro atoms. The van der Waals surface area contributed by atoms with E-state index in [0.717, 1.165) is 24.0 Å². The predicted molar refractivity (Wildman–Crippen MR) is 72.6 cm³/mol. The van der Waals surface area contributed by atoms with Crippen molar-refractivity contribution in [2.45, 2.75) is 6.04 Å². The Kier molecular flexibility index (Phi) is 2.17. The molecule has 1 aliphatic heterocycles. The average Bonchev–Trinajstić information content (AvgIpc) is 2.90. The molecule has 1 amide bonds. The molecule has 0 radical (unpaired) electrons. The van der Waals surface area contributed by atoms with E-state index in [2.05, 4.69) is 4.98 Å². The van der Waals surface area contributed by atoms with E-state index in [9.17, 15) is 4.79 Å². The van der Waals surface area contributed by atoms with Gasteiger partial charge in [-0.25, -0.2) is 4.98 Å². The number of likely N-dealkylation sites (tertiary alicyclic amines) is 1. The summed E-state index contributed by atoms with van der Waals surface area (Å²) in [5.74, 6) is 1.07. The maximum absolute atomic E-state index is 12.4. The lowest BCUT2D eigenvalue weighted by molar-refractivity contribution is 0.0768. The molecular weight excluding hydrogens is 238 g/mol. The highest BCUT2D eigenvalue weighted by molar-refractivity contribution is 5.95. The number of benzene rings is 1. The zero-order chi connectivity index (χ0) is 13.0. The lowest BCUT2D eigenvalue weighted by Gasteiger charge is -2.18. The number of aromatic nitrogens is 1. The van der Waals surface area contributed by atoms with Crippen molar-refractivity contribution in [3.8, 4) is 0 Å². The molecule has 2 unspecified atom stereocenters. The number of piperidine rings is 1. The molecule has 1 aromatic heterocycles. The molecule has 96 valence electrons. The summed E-state index contributed by atoms with van der Waals surface area (Å²) in [5.41, 5.74) is 7.30. The van der Waals surface area contributed by atoms with Crippen LogP contribution in [0.25, 0.3) is 10.9 Å². The van der Waals surface area contributed by atoms with Gasteiger partial charge in [-0.2, -0.15) is 0 Å². The van der Waals surface area contributed by atoms with E-state index in [1.54, 1.807) is 0 Å². The first-order chi connectivity index (χ1) is 9.24. The predicted octanol–water partition coefficient (Wildman–Crippen LogP) is 1.26. The molecule has 2 fully saturated rings. The fourth-order valence-corrected chi connectivity index (χ4v) is 3.09. The highest BCUT2D eigenvalue weighted by Crippen LogP contribution is 2.44. The molecule has 2 aliphatic rings. The van der Waals surface area contributed by atoms with Gasteiger partial charge < -0.3 is 10.6 Å². The summed E-state index contributed by atoms with van der Waals surface area (Å²) < 4.78 is 0. The first kappa shape index (κ1) is 10.9. The Bertz CT molecular complexity index is 657. The Labute approximate surface area is 111 Å². The summed E-state index contributed by atoms with van der Waals surface area (Å²) in [6.45, 7) is 1.58. The molecule has 2 N–H and O–H groups in total. The summed E-state index contributed by atoms with van der Waals surface area (Å²) in [4.78, 5) is 18.7. The number of hydrogen-bond acceptors (Lipinski definition) is 3. The van der Waals surface area contributed by atoms with Crippen molar-refractivity contribution in [3.63, 3.8) is 0 Å². The summed E-state index contributed by atoms with van der Waals surface area (Å²) >= 11 is 0. The minimum atomic E-state index is 0.0325. The summed E-state index contributed by atoms with van der Waals surface area (Å²) in [5, 5.41) is 1.06. The fraction of sp³-hybridized carbons (Fsp3) is 0.333. The van der Waals surface area contributed by atoms with E-state index in [1.807, 2.05) is 41.3 Å². The molecule has 4 nitrogen and oxygen atoms in total. The Morgan fingerprint density at radius 1 is 1.16 bits per heavy atom. The van der Waals surface area contributed by atoms with Crippen LogP contribution in [0.3, 0.4) is 0 Å². The molecule has 2 heterocycles. The van der Waals surface area contributed by atoms with E-state index in [1.165, 1.54) is 0 Å². The lowest BCUT2D eigenvalue weighted by Crippen LogP contribution is -2.34. The van der Waals surface area contributed by atoms with Crippen molar-refractivity contribution in [1.82, 2.24) is 9.88 Å². The van der Waals surface area contributed by atoms with E-state index >= 15 is 0 Å². The average molecular weight is 253 g/mol. The van der Waals surface area contributed by atoms with Gasteiger partial charge in [-0.3, -0.25) is 4.79 Å². The topological polar surface area (TPSA) is 59.2 Å². The molecule has 1 aromatic carbocycles. The van der Waals surface area contributed by atoms with Gasteiger partial charge in [0.2, 0.25) is 0 Å². The highest BCUT2D eigenvalue weighted by atomic mass is 16.2. The SMILES string of the molecule is NC1C2CN(C(=O)c3ccc4ccccc4n3)CC12. The Morgan fingerprint density at radius 2 is 1.89 bits per heavy atom. The van der Waals surface area contributed by atoms with Crippen LogP contribution in [0, 0.1) is 11.8 Å². The van der Waals surface area contributed by atoms with E-state index < -0.39 is 0 Å². The van der Waals surface area contributed by atoms with Gasteiger partial charge in [0.1, 0.15) is 5.69 Å². The number of nitrogens with two attached hydrogens (primary N) is 1. The molecule has 0 bridgehead atoms. The number of fused-ring (bicyclic) bond motifs is 2. The van der Waals surface area contributed by atoms with Gasteiger partial charge in [0.15, 0.2) is 0 Å². The first-order valence-electron chi connectivity index (χ1n) is 6.65. The second-order valence-corrected chi connectivity index (χ2v) is 5.50. The van der Waals surface area contributed by atoms with Crippen LogP contribution in [-0.2, 0) is 0 Å². The van der Waals surface area contributed by atoms with E-state index in [4.69, 9.17) is 5.73 Å². The monoisotopic (exact) mass is 253 g/mol. The van der Waals surface area contributed by atoms with Crippen LogP contribution in [0.4, 0.5) is 0 Å². The van der Waals surface area contributed by atoms with Crippen molar-refractivity contribution in [3.05, 3.63) is 42.1 Å². The van der Waals surface area contributed by atoms with Crippen LogP contribution in [-0.4, -0.2) is 34.9 Å². The Balaban J connectivity index is 1.62. The van der Waals surface area contributed by atoms with Crippen LogP contribution >= 0.6 is 0 Å². The summed E-state index contributed by atoms with van der Waals surface area (Å²) in [6.07, 6.45) is 0. The Hall–Kier alpha value is -1.94. The summed E-state index contributed by atoms with van der Waals surface area (Å²) in [7, 11) is 0. The van der Waals surface area contributed by atoms with E-state index in [-0.39, 0.29) is 5.91 Å². The third kappa shape index (κ3) is 1.64. The minimum Gasteiger partial charge on any atom is -0.337 e. The smallest absolute Gasteiger partial charge is 0.272 e. The van der Waals surface area contributed by atoms with Gasteiger partial charge in [0.25, 0.3) is 5.91 Å². The number of hydrogen-bond donors (Lipinski definition) is 1. The number of rotatable bonds is 1. The van der Waals surface area contributed by atoms with Gasteiger partial charge in [-0.05, 0) is 24.0 Å². The number of carbonyl (C=O) groups is 1. The zero-order valence-electron chi connectivity index (χ0n) is 10.5. The lowest BCUT2D eigenvalue weighted by atomic mass is 10.2. The van der Waals surface area contributed by atoms with Crippen molar-refractivity contribution in [1.29, 1.82) is 0 Å². The third-order valence-electron chi connectivity index (χ3n) is 4.36. The van der Waals surface area contributed by atoms with Crippen LogP contribution < -0.4 is 5.73 Å². The van der Waals surface area contributed by atoms with Gasteiger partial charge >= 0.3 is 0 Å². The number of pyridine rings is 1.